The monoisotopic (exact) mass is 281 g/mol. The van der Waals surface area contributed by atoms with Crippen LogP contribution in [0.5, 0.6) is 0 Å². The van der Waals surface area contributed by atoms with Gasteiger partial charge in [0, 0.05) is 31.7 Å². The number of hydrogen-bond donors (Lipinski definition) is 1. The van der Waals surface area contributed by atoms with Gasteiger partial charge in [-0.3, -0.25) is 0 Å². The molecular weight excluding hydrogens is 258 g/mol. The van der Waals surface area contributed by atoms with E-state index in [0.29, 0.717) is 12.1 Å². The predicted molar refractivity (Wildman–Crippen MR) is 83.2 cm³/mol. The fourth-order valence-corrected chi connectivity index (χ4v) is 2.79. The predicted octanol–water partition coefficient (Wildman–Crippen LogP) is 2.76. The molecule has 0 aliphatic carbocycles. The van der Waals surface area contributed by atoms with E-state index in [1.807, 2.05) is 7.05 Å². The quantitative estimate of drug-likeness (QED) is 0.919. The number of benzene rings is 1. The zero-order valence-electron chi connectivity index (χ0n) is 12.3. The third kappa shape index (κ3) is 3.22. The summed E-state index contributed by atoms with van der Waals surface area (Å²) in [4.78, 5) is 4.78. The average Bonchev–Trinajstić information content (AvgIpc) is 2.41. The van der Waals surface area contributed by atoms with Gasteiger partial charge >= 0.3 is 0 Å². The summed E-state index contributed by atoms with van der Waals surface area (Å²) in [5.74, 6) is 0. The van der Waals surface area contributed by atoms with Crippen LogP contribution in [-0.2, 0) is 0 Å². The Hall–Kier alpha value is -0.770. The summed E-state index contributed by atoms with van der Waals surface area (Å²) in [6.07, 6.45) is 0. The van der Waals surface area contributed by atoms with Gasteiger partial charge < -0.3 is 15.1 Å². The maximum atomic E-state index is 6.46. The molecule has 1 aliphatic rings. The summed E-state index contributed by atoms with van der Waals surface area (Å²) in [5.41, 5.74) is 2.40. The number of rotatable bonds is 3. The van der Waals surface area contributed by atoms with Gasteiger partial charge in [-0.2, -0.15) is 0 Å². The summed E-state index contributed by atoms with van der Waals surface area (Å²) in [7, 11) is 4.15. The number of nitrogens with zero attached hydrogens (tertiary/aromatic N) is 2. The van der Waals surface area contributed by atoms with Gasteiger partial charge in [-0.25, -0.2) is 0 Å². The molecule has 1 aromatic carbocycles. The zero-order valence-corrected chi connectivity index (χ0v) is 13.0. The van der Waals surface area contributed by atoms with Crippen molar-refractivity contribution in [3.05, 3.63) is 28.8 Å². The highest BCUT2D eigenvalue weighted by atomic mass is 35.5. The molecule has 1 aromatic rings. The van der Waals surface area contributed by atoms with Crippen LogP contribution in [0.1, 0.15) is 25.5 Å². The van der Waals surface area contributed by atoms with Gasteiger partial charge in [0.05, 0.1) is 10.7 Å². The van der Waals surface area contributed by atoms with E-state index in [1.165, 1.54) is 5.56 Å². The number of anilines is 1. The minimum atomic E-state index is 0.331. The Labute approximate surface area is 121 Å². The highest BCUT2D eigenvalue weighted by Crippen LogP contribution is 2.30. The maximum absolute atomic E-state index is 6.46. The summed E-state index contributed by atoms with van der Waals surface area (Å²) >= 11 is 6.46. The van der Waals surface area contributed by atoms with Crippen molar-refractivity contribution in [2.75, 3.05) is 38.6 Å². The highest BCUT2D eigenvalue weighted by molar-refractivity contribution is 6.33. The van der Waals surface area contributed by atoms with E-state index in [1.54, 1.807) is 0 Å². The highest BCUT2D eigenvalue weighted by Gasteiger charge is 2.22. The van der Waals surface area contributed by atoms with Crippen LogP contribution in [0.3, 0.4) is 0 Å². The van der Waals surface area contributed by atoms with Crippen molar-refractivity contribution >= 4 is 17.3 Å². The van der Waals surface area contributed by atoms with Gasteiger partial charge in [0.1, 0.15) is 0 Å². The minimum Gasteiger partial charge on any atom is -0.367 e. The van der Waals surface area contributed by atoms with Crippen molar-refractivity contribution in [1.29, 1.82) is 0 Å². The Morgan fingerprint density at radius 3 is 2.68 bits per heavy atom. The van der Waals surface area contributed by atoms with E-state index < -0.39 is 0 Å². The molecule has 2 unspecified atom stereocenters. The van der Waals surface area contributed by atoms with Gasteiger partial charge in [-0.1, -0.05) is 17.7 Å². The number of likely N-dealkylation sites (N-methyl/N-ethyl adjacent to an activating group) is 1. The molecule has 0 saturated carbocycles. The number of piperazine rings is 1. The first-order valence-corrected chi connectivity index (χ1v) is 7.32. The molecule has 1 N–H and O–H groups in total. The lowest BCUT2D eigenvalue weighted by Gasteiger charge is -2.39. The lowest BCUT2D eigenvalue weighted by molar-refractivity contribution is 0.234. The first-order valence-electron chi connectivity index (χ1n) is 6.95. The molecule has 1 saturated heterocycles. The van der Waals surface area contributed by atoms with Crippen LogP contribution in [0.15, 0.2) is 18.2 Å². The minimum absolute atomic E-state index is 0.331. The van der Waals surface area contributed by atoms with Gasteiger partial charge in [-0.15, -0.1) is 0 Å². The lowest BCUT2D eigenvalue weighted by Crippen LogP contribution is -2.50. The second kappa shape index (κ2) is 6.12. The molecule has 2 rings (SSSR count). The van der Waals surface area contributed by atoms with Crippen LogP contribution in [0.4, 0.5) is 5.69 Å². The van der Waals surface area contributed by atoms with Crippen LogP contribution in [0.2, 0.25) is 5.02 Å². The largest absolute Gasteiger partial charge is 0.367 e. The van der Waals surface area contributed by atoms with Gasteiger partial charge in [-0.05, 0) is 45.6 Å². The summed E-state index contributed by atoms with van der Waals surface area (Å²) in [5, 5.41) is 4.10. The van der Waals surface area contributed by atoms with E-state index in [-0.39, 0.29) is 0 Å². The summed E-state index contributed by atoms with van der Waals surface area (Å²) in [6, 6.07) is 7.31. The molecule has 1 fully saturated rings. The number of halogens is 1. The molecule has 1 aliphatic heterocycles. The lowest BCUT2D eigenvalue weighted by atomic mass is 10.1. The number of nitrogens with one attached hydrogen (secondary N) is 1. The Kier molecular flexibility index (Phi) is 4.71. The molecule has 3 nitrogen and oxygen atoms in total. The first kappa shape index (κ1) is 14.6. The van der Waals surface area contributed by atoms with Crippen LogP contribution in [0, 0.1) is 0 Å². The Morgan fingerprint density at radius 1 is 1.37 bits per heavy atom. The van der Waals surface area contributed by atoms with Crippen LogP contribution >= 0.6 is 11.6 Å². The van der Waals surface area contributed by atoms with Gasteiger partial charge in [0.15, 0.2) is 0 Å². The van der Waals surface area contributed by atoms with Crippen molar-refractivity contribution in [3.63, 3.8) is 0 Å². The standard InChI is InChI=1S/C15H24ClN3/c1-11-10-19(8-7-18(11)4)15-6-5-13(9-14(15)16)12(2)17-3/h5-6,9,11-12,17H,7-8,10H2,1-4H3. The van der Waals surface area contributed by atoms with E-state index in [9.17, 15) is 0 Å². The molecule has 0 amide bonds. The zero-order chi connectivity index (χ0) is 14.0. The first-order chi connectivity index (χ1) is 9.02. The van der Waals surface area contributed by atoms with Crippen molar-refractivity contribution < 1.29 is 0 Å². The molecule has 1 heterocycles. The molecule has 0 bridgehead atoms. The third-order valence-corrected chi connectivity index (χ3v) is 4.51. The molecule has 4 heteroatoms. The second-order valence-electron chi connectivity index (χ2n) is 5.50. The Bertz CT molecular complexity index is 435. The van der Waals surface area contributed by atoms with E-state index >= 15 is 0 Å². The molecule has 106 valence electrons. The van der Waals surface area contributed by atoms with E-state index in [4.69, 9.17) is 11.6 Å². The molecule has 19 heavy (non-hydrogen) atoms. The molecule has 0 aromatic heterocycles. The van der Waals surface area contributed by atoms with E-state index in [0.717, 1.165) is 30.3 Å². The smallest absolute Gasteiger partial charge is 0.0642 e. The van der Waals surface area contributed by atoms with E-state index in [2.05, 4.69) is 54.2 Å². The fraction of sp³-hybridized carbons (Fsp3) is 0.600. The Morgan fingerprint density at radius 2 is 2.11 bits per heavy atom. The van der Waals surface area contributed by atoms with Gasteiger partial charge in [0.25, 0.3) is 0 Å². The van der Waals surface area contributed by atoms with Crippen LogP contribution in [-0.4, -0.2) is 44.7 Å². The normalized spacial score (nSPS) is 22.6. The molecule has 2 atom stereocenters. The second-order valence-corrected chi connectivity index (χ2v) is 5.90. The summed E-state index contributed by atoms with van der Waals surface area (Å²) < 4.78 is 0. The van der Waals surface area contributed by atoms with Crippen LogP contribution < -0.4 is 10.2 Å². The Balaban J connectivity index is 2.17. The van der Waals surface area contributed by atoms with Crippen molar-refractivity contribution in [3.8, 4) is 0 Å². The third-order valence-electron chi connectivity index (χ3n) is 4.21. The molecular formula is C15H24ClN3. The topological polar surface area (TPSA) is 18.5 Å². The van der Waals surface area contributed by atoms with Crippen molar-refractivity contribution in [2.24, 2.45) is 0 Å². The van der Waals surface area contributed by atoms with Crippen LogP contribution in [0.25, 0.3) is 0 Å². The average molecular weight is 282 g/mol. The maximum Gasteiger partial charge on any atom is 0.0642 e. The molecule has 0 radical (unpaired) electrons. The fourth-order valence-electron chi connectivity index (χ4n) is 2.48. The SMILES string of the molecule is CNC(C)c1ccc(N2CCN(C)C(C)C2)c(Cl)c1. The number of hydrogen-bond acceptors (Lipinski definition) is 3. The van der Waals surface area contributed by atoms with Crippen molar-refractivity contribution in [2.45, 2.75) is 25.9 Å². The molecule has 0 spiro atoms. The van der Waals surface area contributed by atoms with Gasteiger partial charge in [0.2, 0.25) is 0 Å². The van der Waals surface area contributed by atoms with Crippen molar-refractivity contribution in [1.82, 2.24) is 10.2 Å². The summed E-state index contributed by atoms with van der Waals surface area (Å²) in [6.45, 7) is 7.57.